The molecule has 29 heavy (non-hydrogen) atoms. The molecule has 4 aromatic carbocycles. The lowest BCUT2D eigenvalue weighted by atomic mass is 10.2. The minimum absolute atomic E-state index is 0.0344. The van der Waals surface area contributed by atoms with Crippen molar-refractivity contribution in [2.24, 2.45) is 0 Å². The Morgan fingerprint density at radius 2 is 0.966 bits per heavy atom. The summed E-state index contributed by atoms with van der Waals surface area (Å²) >= 11 is 0. The topological polar surface area (TPSA) is 30.6 Å². The minimum Gasteiger partial charge on any atom is -0.334 e. The first kappa shape index (κ1) is 19.0. The maximum absolute atomic E-state index is 14.4. The lowest BCUT2D eigenvalue weighted by Crippen LogP contribution is -2.15. The maximum Gasteiger partial charge on any atom is 0.534 e. The van der Waals surface area contributed by atoms with E-state index < -0.39 is 22.1 Å². The lowest BCUT2D eigenvalue weighted by molar-refractivity contribution is 0.496. The summed E-state index contributed by atoms with van der Waals surface area (Å²) in [7, 11) is -2.35. The Morgan fingerprint density at radius 3 is 1.38 bits per heavy atom. The van der Waals surface area contributed by atoms with E-state index >= 15 is 0 Å². The van der Waals surface area contributed by atoms with E-state index in [0.717, 1.165) is 14.7 Å². The number of rotatable bonds is 5. The number of carbonyl (C=O) groups excluding carboxylic acids is 1. The molecule has 0 spiro atoms. The molecule has 0 bridgehead atoms. The van der Waals surface area contributed by atoms with Crippen molar-refractivity contribution in [3.8, 4) is 0 Å². The summed E-state index contributed by atoms with van der Waals surface area (Å²) < 4.78 is 20.7. The third kappa shape index (κ3) is 3.67. The monoisotopic (exact) mass is 403 g/mol. The Bertz CT molecular complexity index is 1000. The average Bonchev–Trinajstić information content (AvgIpc) is 2.79. The first-order chi connectivity index (χ1) is 14.2. The van der Waals surface area contributed by atoms with Gasteiger partial charge in [-0.15, -0.1) is 0 Å². The Labute approximate surface area is 171 Å². The fourth-order valence-corrected chi connectivity index (χ4v) is 6.24. The zero-order valence-electron chi connectivity index (χ0n) is 15.6. The maximum atomic E-state index is 14.4. The molecule has 0 amide bonds. The van der Waals surface area contributed by atoms with Gasteiger partial charge in [0.05, 0.1) is 25.0 Å². The second-order valence-electron chi connectivity index (χ2n) is 6.36. The highest BCUT2D eigenvalue weighted by Gasteiger charge is 2.43. The molecule has 1 N–H and O–H groups in total. The molecule has 0 aromatic heterocycles. The number of halogens is 1. The summed E-state index contributed by atoms with van der Waals surface area (Å²) in [5, 5.41) is 0. The van der Waals surface area contributed by atoms with E-state index in [4.69, 9.17) is 4.18 Å². The van der Waals surface area contributed by atoms with Gasteiger partial charge in [0.15, 0.2) is 5.56 Å². The molecule has 0 saturated carbocycles. The molecular weight excluding hydrogens is 383 g/mol. The van der Waals surface area contributed by atoms with E-state index in [9.17, 15) is 9.18 Å². The predicted octanol–water partition coefficient (Wildman–Crippen LogP) is 6.59. The van der Waals surface area contributed by atoms with Gasteiger partial charge >= 0.3 is 5.97 Å². The van der Waals surface area contributed by atoms with Crippen LogP contribution < -0.4 is 0 Å². The Kier molecular flexibility index (Phi) is 5.45. The van der Waals surface area contributed by atoms with Crippen LogP contribution in [0.1, 0.15) is 5.56 Å². The van der Waals surface area contributed by atoms with Gasteiger partial charge in [0.1, 0.15) is 5.82 Å². The Balaban J connectivity index is 1.95. The molecule has 0 radical (unpaired) electrons. The van der Waals surface area contributed by atoms with Crippen LogP contribution in [0, 0.1) is 5.82 Å². The smallest absolute Gasteiger partial charge is 0.334 e. The molecule has 0 aliphatic carbocycles. The van der Waals surface area contributed by atoms with Crippen LogP contribution in [0.4, 0.5) is 4.39 Å². The average molecular weight is 403 g/mol. The predicted molar refractivity (Wildman–Crippen MR) is 115 cm³/mol. The van der Waals surface area contributed by atoms with Crippen molar-refractivity contribution in [3.63, 3.8) is 0 Å². The molecule has 0 heterocycles. The van der Waals surface area contributed by atoms with Crippen molar-refractivity contribution in [3.05, 3.63) is 127 Å². The van der Waals surface area contributed by atoms with Crippen molar-refractivity contribution in [1.82, 2.24) is 0 Å². The van der Waals surface area contributed by atoms with Crippen LogP contribution in [-0.4, -0.2) is 10.8 Å². The molecule has 144 valence electrons. The fraction of sp³-hybridized carbons (Fsp3) is 0. The van der Waals surface area contributed by atoms with Crippen molar-refractivity contribution < 1.29 is 13.4 Å². The summed E-state index contributed by atoms with van der Waals surface area (Å²) in [4.78, 5) is 13.6. The third-order valence-corrected chi connectivity index (χ3v) is 7.75. The van der Waals surface area contributed by atoms with Crippen molar-refractivity contribution >= 4 is 16.3 Å². The molecule has 4 aromatic rings. The van der Waals surface area contributed by atoms with Crippen LogP contribution in [0.5, 0.6) is 0 Å². The van der Waals surface area contributed by atoms with Crippen LogP contribution in [0.3, 0.4) is 0 Å². The molecule has 4 heteroatoms. The van der Waals surface area contributed by atoms with Crippen LogP contribution in [0.15, 0.2) is 130 Å². The quantitative estimate of drug-likeness (QED) is 0.346. The standard InChI is InChI=1S/C25H19FO2S/c26-24-19-11-10-18-23(24)25(27)28-29(20-12-4-1-5-13-20,21-14-6-2-7-15-21)22-16-8-3-9-17-22/h1-19H/p+1. The molecule has 0 unspecified atom stereocenters. The number of hydrogen-bond acceptors (Lipinski definition) is 1. The summed E-state index contributed by atoms with van der Waals surface area (Å²) in [5.74, 6) is -0.970. The molecule has 0 aliphatic heterocycles. The summed E-state index contributed by atoms with van der Waals surface area (Å²) in [5.41, 5.74) is 0.0344. The summed E-state index contributed by atoms with van der Waals surface area (Å²) in [6, 6.07) is 35.3. The zero-order valence-corrected chi connectivity index (χ0v) is 16.4. The molecule has 0 saturated heterocycles. The van der Waals surface area contributed by atoms with Gasteiger partial charge < -0.3 is 4.79 Å². The van der Waals surface area contributed by atoms with Gasteiger partial charge in [0, 0.05) is 0 Å². The van der Waals surface area contributed by atoms with Gasteiger partial charge in [0.25, 0.3) is 0 Å². The van der Waals surface area contributed by atoms with Gasteiger partial charge in [0.2, 0.25) is 0 Å². The molecular formula is C25H20FO2S+. The largest absolute Gasteiger partial charge is 0.534 e. The normalized spacial score (nSPS) is 11.6. The second kappa shape index (κ2) is 8.33. The lowest BCUT2D eigenvalue weighted by Gasteiger charge is -2.33. The highest BCUT2D eigenvalue weighted by atomic mass is 32.3. The van der Waals surface area contributed by atoms with E-state index in [1.54, 1.807) is 12.1 Å². The van der Waals surface area contributed by atoms with E-state index in [1.165, 1.54) is 12.1 Å². The first-order valence-electron chi connectivity index (χ1n) is 9.21. The summed E-state index contributed by atoms with van der Waals surface area (Å²) in [6.07, 6.45) is 0. The van der Waals surface area contributed by atoms with Crippen LogP contribution in [0.2, 0.25) is 0 Å². The van der Waals surface area contributed by atoms with Gasteiger partial charge in [-0.05, 0) is 48.5 Å². The van der Waals surface area contributed by atoms with Gasteiger partial charge in [-0.2, -0.15) is 0 Å². The van der Waals surface area contributed by atoms with E-state index in [2.05, 4.69) is 0 Å². The number of benzene rings is 4. The molecule has 0 fully saturated rings. The molecule has 4 rings (SSSR count). The molecule has 2 nitrogen and oxygen atoms in total. The first-order valence-corrected chi connectivity index (χ1v) is 10.8. The van der Waals surface area contributed by atoms with Crippen molar-refractivity contribution in [2.45, 2.75) is 14.7 Å². The van der Waals surface area contributed by atoms with Crippen LogP contribution in [-0.2, 0) is 4.18 Å². The van der Waals surface area contributed by atoms with Gasteiger partial charge in [-0.25, -0.2) is 8.57 Å². The summed E-state index contributed by atoms with van der Waals surface area (Å²) in [6.45, 7) is 0. The minimum atomic E-state index is -2.35. The van der Waals surface area contributed by atoms with Gasteiger partial charge in [-0.1, -0.05) is 66.7 Å². The Hall–Kier alpha value is -3.37. The second-order valence-corrected chi connectivity index (χ2v) is 9.06. The zero-order chi connectivity index (χ0) is 20.1. The Morgan fingerprint density at radius 1 is 0.586 bits per heavy atom. The third-order valence-electron chi connectivity index (χ3n) is 4.53. The van der Waals surface area contributed by atoms with E-state index in [0.29, 0.717) is 0 Å². The molecule has 0 atom stereocenters. The van der Waals surface area contributed by atoms with Crippen molar-refractivity contribution in [2.75, 3.05) is 0 Å². The fourth-order valence-electron chi connectivity index (χ4n) is 3.19. The van der Waals surface area contributed by atoms with E-state index in [-0.39, 0.29) is 5.56 Å². The van der Waals surface area contributed by atoms with Crippen LogP contribution in [0.25, 0.3) is 0 Å². The number of hydrogen-bond donors (Lipinski definition) is 0. The van der Waals surface area contributed by atoms with E-state index in [1.807, 2.05) is 91.0 Å². The SMILES string of the molecule is [OH+]=C(OS(c1ccccc1)(c1ccccc1)c1ccccc1)c1ccccc1F. The van der Waals surface area contributed by atoms with Crippen molar-refractivity contribution in [1.29, 1.82) is 0 Å². The highest BCUT2D eigenvalue weighted by Crippen LogP contribution is 2.69. The molecule has 0 aliphatic rings. The highest BCUT2D eigenvalue weighted by molar-refractivity contribution is 8.30. The van der Waals surface area contributed by atoms with Crippen LogP contribution >= 0.6 is 10.3 Å². The van der Waals surface area contributed by atoms with Gasteiger partial charge in [-0.3, -0.25) is 0 Å².